The smallest absolute Gasteiger partial charge is 0.365 e. The topological polar surface area (TPSA) is 58.6 Å². The Labute approximate surface area is 160 Å². The Morgan fingerprint density at radius 2 is 1.79 bits per heavy atom. The molecule has 0 bridgehead atoms. The molecule has 148 valence electrons. The van der Waals surface area contributed by atoms with Gasteiger partial charge in [0.15, 0.2) is 0 Å². The lowest BCUT2D eigenvalue weighted by Crippen LogP contribution is -2.50. The van der Waals surface area contributed by atoms with Crippen molar-refractivity contribution >= 4 is 17.5 Å². The van der Waals surface area contributed by atoms with Gasteiger partial charge in [0, 0.05) is 17.8 Å². The maximum atomic E-state index is 12.6. The van der Waals surface area contributed by atoms with E-state index in [2.05, 4.69) is 5.32 Å². The third-order valence-corrected chi connectivity index (χ3v) is 4.44. The van der Waals surface area contributed by atoms with E-state index in [4.69, 9.17) is 4.74 Å². The molecule has 3 rings (SSSR count). The molecule has 0 aliphatic carbocycles. The predicted molar refractivity (Wildman–Crippen MR) is 97.0 cm³/mol. The zero-order chi connectivity index (χ0) is 20.3. The van der Waals surface area contributed by atoms with Crippen molar-refractivity contribution in [3.05, 3.63) is 65.2 Å². The Hall–Kier alpha value is -2.87. The highest BCUT2D eigenvalue weighted by molar-refractivity contribution is 5.95. The van der Waals surface area contributed by atoms with Gasteiger partial charge >= 0.3 is 6.18 Å². The van der Waals surface area contributed by atoms with Crippen LogP contribution in [0.3, 0.4) is 0 Å². The summed E-state index contributed by atoms with van der Waals surface area (Å²) in [6.45, 7) is 2.25. The first-order valence-corrected chi connectivity index (χ1v) is 8.68. The number of morpholine rings is 1. The fourth-order valence-corrected chi connectivity index (χ4v) is 2.84. The fourth-order valence-electron chi connectivity index (χ4n) is 2.84. The van der Waals surface area contributed by atoms with Crippen molar-refractivity contribution in [3.8, 4) is 0 Å². The number of carbonyl (C=O) groups is 2. The molecule has 1 aliphatic heterocycles. The Kier molecular flexibility index (Phi) is 5.69. The fraction of sp³-hybridized carbons (Fsp3) is 0.300. The minimum absolute atomic E-state index is 0.102. The molecule has 5 nitrogen and oxygen atoms in total. The molecular weight excluding hydrogens is 373 g/mol. The molecule has 28 heavy (non-hydrogen) atoms. The van der Waals surface area contributed by atoms with Crippen molar-refractivity contribution < 1.29 is 27.5 Å². The van der Waals surface area contributed by atoms with Crippen LogP contribution < -0.4 is 10.2 Å². The zero-order valence-corrected chi connectivity index (χ0v) is 15.1. The van der Waals surface area contributed by atoms with Gasteiger partial charge in [0.25, 0.3) is 11.8 Å². The van der Waals surface area contributed by atoms with E-state index in [1.54, 1.807) is 4.90 Å². The van der Waals surface area contributed by atoms with Gasteiger partial charge in [-0.2, -0.15) is 13.2 Å². The average molecular weight is 392 g/mol. The number of rotatable bonds is 4. The van der Waals surface area contributed by atoms with E-state index in [9.17, 15) is 22.8 Å². The maximum absolute atomic E-state index is 12.6. The molecule has 1 fully saturated rings. The minimum atomic E-state index is -4.45. The molecule has 2 amide bonds. The first kappa shape index (κ1) is 19.9. The largest absolute Gasteiger partial charge is 0.416 e. The molecule has 1 aliphatic rings. The molecule has 1 saturated heterocycles. The van der Waals surface area contributed by atoms with Gasteiger partial charge in [-0.15, -0.1) is 0 Å². The van der Waals surface area contributed by atoms with Gasteiger partial charge in [0.05, 0.1) is 18.2 Å². The first-order chi connectivity index (χ1) is 13.2. The van der Waals surface area contributed by atoms with Crippen LogP contribution >= 0.6 is 0 Å². The average Bonchev–Trinajstić information content (AvgIpc) is 2.67. The molecular formula is C20H19F3N2O3. The Bertz CT molecular complexity index is 848. The number of benzene rings is 2. The van der Waals surface area contributed by atoms with Crippen molar-refractivity contribution in [1.29, 1.82) is 0 Å². The van der Waals surface area contributed by atoms with Crippen LogP contribution in [0.1, 0.15) is 21.5 Å². The quantitative estimate of drug-likeness (QED) is 0.870. The lowest BCUT2D eigenvalue weighted by atomic mass is 10.1. The number of aryl methyl sites for hydroxylation is 1. The predicted octanol–water partition coefficient (Wildman–Crippen LogP) is 3.18. The lowest BCUT2D eigenvalue weighted by Gasteiger charge is -2.33. The summed E-state index contributed by atoms with van der Waals surface area (Å²) in [5.74, 6) is -0.676. The number of alkyl halides is 3. The number of hydrogen-bond acceptors (Lipinski definition) is 3. The number of anilines is 1. The Morgan fingerprint density at radius 1 is 1.14 bits per heavy atom. The van der Waals surface area contributed by atoms with Crippen LogP contribution in [0.15, 0.2) is 48.5 Å². The van der Waals surface area contributed by atoms with Crippen molar-refractivity contribution in [2.75, 3.05) is 24.6 Å². The number of halogens is 3. The van der Waals surface area contributed by atoms with Crippen LogP contribution in [0.5, 0.6) is 0 Å². The van der Waals surface area contributed by atoms with Crippen LogP contribution in [0.2, 0.25) is 0 Å². The molecule has 1 unspecified atom stereocenters. The van der Waals surface area contributed by atoms with Crippen LogP contribution in [0.25, 0.3) is 0 Å². The van der Waals surface area contributed by atoms with Gasteiger partial charge < -0.3 is 15.0 Å². The molecule has 0 radical (unpaired) electrons. The number of nitrogens with zero attached hydrogens (tertiary/aromatic N) is 1. The summed E-state index contributed by atoms with van der Waals surface area (Å²) in [4.78, 5) is 25.9. The molecule has 8 heteroatoms. The van der Waals surface area contributed by atoms with Crippen molar-refractivity contribution in [2.45, 2.75) is 19.2 Å². The van der Waals surface area contributed by atoms with E-state index < -0.39 is 23.8 Å². The standard InChI is InChI=1S/C20H19F3N2O3/c1-13-2-8-16(9-3-13)25-11-17(28-12-18(25)26)10-24-19(27)14-4-6-15(7-5-14)20(21,22)23/h2-9,17H,10-12H2,1H3,(H,24,27). The SMILES string of the molecule is Cc1ccc(N2CC(CNC(=O)c3ccc(C(F)(F)F)cc3)OCC2=O)cc1. The van der Waals surface area contributed by atoms with Gasteiger partial charge in [-0.3, -0.25) is 9.59 Å². The summed E-state index contributed by atoms with van der Waals surface area (Å²) >= 11 is 0. The normalized spacial score (nSPS) is 17.5. The molecule has 1 atom stereocenters. The molecule has 0 spiro atoms. The summed E-state index contributed by atoms with van der Waals surface area (Å²) < 4.78 is 43.2. The molecule has 0 aromatic heterocycles. The van der Waals surface area contributed by atoms with E-state index in [-0.39, 0.29) is 31.2 Å². The molecule has 1 N–H and O–H groups in total. The van der Waals surface area contributed by atoms with Crippen molar-refractivity contribution in [1.82, 2.24) is 5.32 Å². The minimum Gasteiger partial charge on any atom is -0.365 e. The van der Waals surface area contributed by atoms with E-state index in [0.717, 1.165) is 35.5 Å². The highest BCUT2D eigenvalue weighted by Crippen LogP contribution is 2.29. The summed E-state index contributed by atoms with van der Waals surface area (Å²) in [5, 5.41) is 2.64. The maximum Gasteiger partial charge on any atom is 0.416 e. The second-order valence-corrected chi connectivity index (χ2v) is 6.56. The second kappa shape index (κ2) is 8.02. The van der Waals surface area contributed by atoms with E-state index >= 15 is 0 Å². The molecule has 2 aromatic rings. The van der Waals surface area contributed by atoms with Crippen molar-refractivity contribution in [3.63, 3.8) is 0 Å². The highest BCUT2D eigenvalue weighted by atomic mass is 19.4. The van der Waals surface area contributed by atoms with E-state index in [0.29, 0.717) is 0 Å². The van der Waals surface area contributed by atoms with Gasteiger partial charge in [0.2, 0.25) is 0 Å². The van der Waals surface area contributed by atoms with E-state index in [1.807, 2.05) is 31.2 Å². The summed E-state index contributed by atoms with van der Waals surface area (Å²) in [6, 6.07) is 11.5. The van der Waals surface area contributed by atoms with Gasteiger partial charge in [-0.1, -0.05) is 17.7 Å². The van der Waals surface area contributed by atoms with E-state index in [1.165, 1.54) is 0 Å². The van der Waals surface area contributed by atoms with Crippen molar-refractivity contribution in [2.24, 2.45) is 0 Å². The van der Waals surface area contributed by atoms with Gasteiger partial charge in [-0.25, -0.2) is 0 Å². The van der Waals surface area contributed by atoms with Gasteiger partial charge in [0.1, 0.15) is 6.61 Å². The van der Waals surface area contributed by atoms with Crippen LogP contribution in [-0.4, -0.2) is 37.6 Å². The second-order valence-electron chi connectivity index (χ2n) is 6.56. The molecule has 2 aromatic carbocycles. The zero-order valence-electron chi connectivity index (χ0n) is 15.1. The monoisotopic (exact) mass is 392 g/mol. The molecule has 1 heterocycles. The summed E-state index contributed by atoms with van der Waals surface area (Å²) in [7, 11) is 0. The first-order valence-electron chi connectivity index (χ1n) is 8.68. The summed E-state index contributed by atoms with van der Waals surface area (Å²) in [6.07, 6.45) is -4.87. The third-order valence-electron chi connectivity index (χ3n) is 4.44. The summed E-state index contributed by atoms with van der Waals surface area (Å²) in [5.41, 5.74) is 1.13. The molecule has 0 saturated carbocycles. The Balaban J connectivity index is 1.58. The number of carbonyl (C=O) groups excluding carboxylic acids is 2. The highest BCUT2D eigenvalue weighted by Gasteiger charge is 2.30. The van der Waals surface area contributed by atoms with Gasteiger partial charge in [-0.05, 0) is 43.3 Å². The Morgan fingerprint density at radius 3 is 2.39 bits per heavy atom. The number of ether oxygens (including phenoxy) is 1. The van der Waals surface area contributed by atoms with Crippen LogP contribution in [0.4, 0.5) is 18.9 Å². The van der Waals surface area contributed by atoms with Crippen LogP contribution in [-0.2, 0) is 15.7 Å². The number of hydrogen-bond donors (Lipinski definition) is 1. The van der Waals surface area contributed by atoms with Crippen LogP contribution in [0, 0.1) is 6.92 Å². The third kappa shape index (κ3) is 4.69. The number of amides is 2. The lowest BCUT2D eigenvalue weighted by molar-refractivity contribution is -0.137. The number of nitrogens with one attached hydrogen (secondary N) is 1.